The second kappa shape index (κ2) is 8.08. The lowest BCUT2D eigenvalue weighted by molar-refractivity contribution is -0.128. The van der Waals surface area contributed by atoms with E-state index in [-0.39, 0.29) is 18.1 Å². The molecule has 2 atom stereocenters. The predicted molar refractivity (Wildman–Crippen MR) is 83.3 cm³/mol. The van der Waals surface area contributed by atoms with Crippen molar-refractivity contribution < 1.29 is 9.53 Å². The molecule has 21 heavy (non-hydrogen) atoms. The van der Waals surface area contributed by atoms with Crippen molar-refractivity contribution in [3.05, 3.63) is 0 Å². The number of piperazine rings is 1. The third kappa shape index (κ3) is 4.92. The lowest BCUT2D eigenvalue weighted by atomic mass is 10.1. The first-order valence-corrected chi connectivity index (χ1v) is 8.10. The van der Waals surface area contributed by atoms with Crippen LogP contribution in [0, 0.1) is 5.92 Å². The van der Waals surface area contributed by atoms with Crippen LogP contribution in [0.25, 0.3) is 0 Å². The Bertz CT molecular complexity index is 338. The molecule has 2 heterocycles. The molecule has 2 fully saturated rings. The standard InChI is InChI=1S/C15H30N4O2/c1-12(2)9-18-6-7-21-13(10-18)11-19-5-4-17-8-14(19)15(20)16-3/h12-14,17H,4-11H2,1-3H3,(H,16,20). The molecule has 0 saturated carbocycles. The molecule has 6 nitrogen and oxygen atoms in total. The summed E-state index contributed by atoms with van der Waals surface area (Å²) in [7, 11) is 1.70. The van der Waals surface area contributed by atoms with Crippen molar-refractivity contribution in [3.63, 3.8) is 0 Å². The Labute approximate surface area is 128 Å². The lowest BCUT2D eigenvalue weighted by Crippen LogP contribution is -2.60. The van der Waals surface area contributed by atoms with Crippen LogP contribution >= 0.6 is 0 Å². The topological polar surface area (TPSA) is 56.8 Å². The Hall–Kier alpha value is -0.690. The van der Waals surface area contributed by atoms with Gasteiger partial charge in [-0.25, -0.2) is 0 Å². The van der Waals surface area contributed by atoms with E-state index in [9.17, 15) is 4.79 Å². The first kappa shape index (κ1) is 16.7. The fourth-order valence-electron chi connectivity index (χ4n) is 3.22. The average Bonchev–Trinajstić information content (AvgIpc) is 2.47. The highest BCUT2D eigenvalue weighted by Gasteiger charge is 2.31. The van der Waals surface area contributed by atoms with Crippen LogP contribution in [0.2, 0.25) is 0 Å². The summed E-state index contributed by atoms with van der Waals surface area (Å²) >= 11 is 0. The minimum absolute atomic E-state index is 0.0761. The van der Waals surface area contributed by atoms with Crippen LogP contribution in [-0.4, -0.2) is 87.3 Å². The number of ether oxygens (including phenoxy) is 1. The van der Waals surface area contributed by atoms with Gasteiger partial charge in [0.05, 0.1) is 12.7 Å². The number of likely N-dealkylation sites (N-methyl/N-ethyl adjacent to an activating group) is 1. The van der Waals surface area contributed by atoms with Crippen LogP contribution in [0.4, 0.5) is 0 Å². The first-order chi connectivity index (χ1) is 10.1. The second-order valence-electron chi connectivity index (χ2n) is 6.48. The highest BCUT2D eigenvalue weighted by atomic mass is 16.5. The van der Waals surface area contributed by atoms with Gasteiger partial charge >= 0.3 is 0 Å². The maximum absolute atomic E-state index is 12.0. The summed E-state index contributed by atoms with van der Waals surface area (Å²) in [5, 5.41) is 6.06. The van der Waals surface area contributed by atoms with Gasteiger partial charge in [-0.15, -0.1) is 0 Å². The smallest absolute Gasteiger partial charge is 0.238 e. The van der Waals surface area contributed by atoms with Gasteiger partial charge in [0.15, 0.2) is 0 Å². The molecule has 2 aliphatic heterocycles. The van der Waals surface area contributed by atoms with E-state index in [1.54, 1.807) is 7.05 Å². The third-order valence-electron chi connectivity index (χ3n) is 4.19. The quantitative estimate of drug-likeness (QED) is 0.707. The molecule has 2 aliphatic rings. The highest BCUT2D eigenvalue weighted by molar-refractivity contribution is 5.81. The van der Waals surface area contributed by atoms with Gasteiger partial charge in [-0.1, -0.05) is 13.8 Å². The zero-order valence-electron chi connectivity index (χ0n) is 13.6. The fourth-order valence-corrected chi connectivity index (χ4v) is 3.22. The molecule has 2 unspecified atom stereocenters. The molecular formula is C15H30N4O2. The molecule has 1 amide bonds. The van der Waals surface area contributed by atoms with Crippen LogP contribution < -0.4 is 10.6 Å². The van der Waals surface area contributed by atoms with Crippen molar-refractivity contribution in [2.24, 2.45) is 5.92 Å². The molecule has 0 aromatic carbocycles. The molecule has 0 spiro atoms. The van der Waals surface area contributed by atoms with Gasteiger partial charge in [0.25, 0.3) is 0 Å². The number of carbonyl (C=O) groups is 1. The summed E-state index contributed by atoms with van der Waals surface area (Å²) in [4.78, 5) is 16.7. The van der Waals surface area contributed by atoms with Crippen LogP contribution in [0.5, 0.6) is 0 Å². The maximum atomic E-state index is 12.0. The van der Waals surface area contributed by atoms with Crippen LogP contribution in [-0.2, 0) is 9.53 Å². The number of carbonyl (C=O) groups excluding carboxylic acids is 1. The number of hydrogen-bond acceptors (Lipinski definition) is 5. The molecule has 0 radical (unpaired) electrons. The molecule has 0 aliphatic carbocycles. The SMILES string of the molecule is CNC(=O)C1CNCCN1CC1CN(CC(C)C)CCO1. The van der Waals surface area contributed by atoms with E-state index in [4.69, 9.17) is 4.74 Å². The van der Waals surface area contributed by atoms with Crippen molar-refractivity contribution in [2.75, 3.05) is 59.5 Å². The monoisotopic (exact) mass is 298 g/mol. The van der Waals surface area contributed by atoms with Gasteiger partial charge in [0.1, 0.15) is 6.04 Å². The van der Waals surface area contributed by atoms with Crippen molar-refractivity contribution in [2.45, 2.75) is 26.0 Å². The van der Waals surface area contributed by atoms with Crippen molar-refractivity contribution in [3.8, 4) is 0 Å². The van der Waals surface area contributed by atoms with E-state index in [0.717, 1.165) is 52.4 Å². The van der Waals surface area contributed by atoms with Crippen molar-refractivity contribution in [1.82, 2.24) is 20.4 Å². The van der Waals surface area contributed by atoms with Gasteiger partial charge in [-0.3, -0.25) is 14.6 Å². The summed E-state index contributed by atoms with van der Waals surface area (Å²) in [5.41, 5.74) is 0. The molecule has 2 saturated heterocycles. The molecule has 6 heteroatoms. The minimum atomic E-state index is -0.0761. The Balaban J connectivity index is 1.87. The molecule has 0 bridgehead atoms. The summed E-state index contributed by atoms with van der Waals surface area (Å²) in [6.07, 6.45) is 0.211. The number of amides is 1. The highest BCUT2D eigenvalue weighted by Crippen LogP contribution is 2.12. The second-order valence-corrected chi connectivity index (χ2v) is 6.48. The van der Waals surface area contributed by atoms with Crippen molar-refractivity contribution >= 4 is 5.91 Å². The predicted octanol–water partition coefficient (Wildman–Crippen LogP) is -0.637. The molecule has 0 aromatic rings. The van der Waals surface area contributed by atoms with E-state index in [1.165, 1.54) is 0 Å². The summed E-state index contributed by atoms with van der Waals surface area (Å²) < 4.78 is 5.92. The zero-order chi connectivity index (χ0) is 15.2. The van der Waals surface area contributed by atoms with E-state index < -0.39 is 0 Å². The molecule has 2 N–H and O–H groups in total. The average molecular weight is 298 g/mol. The largest absolute Gasteiger partial charge is 0.374 e. The van der Waals surface area contributed by atoms with E-state index in [1.807, 2.05) is 0 Å². The van der Waals surface area contributed by atoms with Crippen LogP contribution in [0.3, 0.4) is 0 Å². The Morgan fingerprint density at radius 3 is 2.95 bits per heavy atom. The number of morpholine rings is 1. The van der Waals surface area contributed by atoms with E-state index in [0.29, 0.717) is 5.92 Å². The normalized spacial score (nSPS) is 28.8. The Morgan fingerprint density at radius 1 is 1.43 bits per heavy atom. The number of nitrogens with zero attached hydrogens (tertiary/aromatic N) is 2. The van der Waals surface area contributed by atoms with Gasteiger partial charge in [-0.05, 0) is 5.92 Å². The first-order valence-electron chi connectivity index (χ1n) is 8.10. The summed E-state index contributed by atoms with van der Waals surface area (Å²) in [6.45, 7) is 11.8. The molecule has 0 aromatic heterocycles. The minimum Gasteiger partial charge on any atom is -0.374 e. The van der Waals surface area contributed by atoms with Gasteiger partial charge in [0, 0.05) is 52.9 Å². The number of nitrogens with one attached hydrogen (secondary N) is 2. The summed E-state index contributed by atoms with van der Waals surface area (Å²) in [6, 6.07) is -0.0761. The third-order valence-corrected chi connectivity index (χ3v) is 4.19. The maximum Gasteiger partial charge on any atom is 0.238 e. The fraction of sp³-hybridized carbons (Fsp3) is 0.933. The number of hydrogen-bond donors (Lipinski definition) is 2. The summed E-state index contributed by atoms with van der Waals surface area (Å²) in [5.74, 6) is 0.776. The molecule has 2 rings (SSSR count). The zero-order valence-corrected chi connectivity index (χ0v) is 13.6. The van der Waals surface area contributed by atoms with Crippen LogP contribution in [0.15, 0.2) is 0 Å². The van der Waals surface area contributed by atoms with Crippen LogP contribution in [0.1, 0.15) is 13.8 Å². The van der Waals surface area contributed by atoms with Gasteiger partial charge in [0.2, 0.25) is 5.91 Å². The van der Waals surface area contributed by atoms with Crippen molar-refractivity contribution in [1.29, 1.82) is 0 Å². The Morgan fingerprint density at radius 2 is 2.24 bits per heavy atom. The number of rotatable bonds is 5. The molecular weight excluding hydrogens is 268 g/mol. The Kier molecular flexibility index (Phi) is 6.41. The van der Waals surface area contributed by atoms with Gasteiger partial charge in [-0.2, -0.15) is 0 Å². The molecule has 122 valence electrons. The van der Waals surface area contributed by atoms with Gasteiger partial charge < -0.3 is 15.4 Å². The van der Waals surface area contributed by atoms with E-state index in [2.05, 4.69) is 34.3 Å². The van der Waals surface area contributed by atoms with E-state index >= 15 is 0 Å². The lowest BCUT2D eigenvalue weighted by Gasteiger charge is -2.40.